The second-order valence-corrected chi connectivity index (χ2v) is 4.98. The minimum absolute atomic E-state index is 0.0193. The van der Waals surface area contributed by atoms with Crippen molar-refractivity contribution in [2.24, 2.45) is 0 Å². The van der Waals surface area contributed by atoms with Crippen molar-refractivity contribution in [2.45, 2.75) is 4.90 Å². The molecule has 2 aromatic rings. The molecule has 0 aliphatic carbocycles. The molecule has 0 aliphatic heterocycles. The van der Waals surface area contributed by atoms with Crippen LogP contribution in [0.4, 0.5) is 11.5 Å². The number of hydrogen-bond donors (Lipinski definition) is 2. The smallest absolute Gasteiger partial charge is 0.224 e. The third-order valence-corrected chi connectivity index (χ3v) is 3.31. The summed E-state index contributed by atoms with van der Waals surface area (Å²) in [5.74, 6) is 0.251. The second-order valence-electron chi connectivity index (χ2n) is 3.23. The molecular weight excluding hydrogens is 297 g/mol. The van der Waals surface area contributed by atoms with Crippen molar-refractivity contribution in [3.05, 3.63) is 40.8 Å². The first kappa shape index (κ1) is 13.1. The lowest BCUT2D eigenvalue weighted by Gasteiger charge is -2.08. The summed E-state index contributed by atoms with van der Waals surface area (Å²) in [5.41, 5.74) is 0.380. The molecule has 1 aromatic heterocycles. The maximum absolute atomic E-state index is 11.1. The third kappa shape index (κ3) is 2.90. The fourth-order valence-electron chi connectivity index (χ4n) is 1.30. The van der Waals surface area contributed by atoms with Gasteiger partial charge in [-0.15, -0.1) is 0 Å². The Morgan fingerprint density at radius 2 is 1.89 bits per heavy atom. The van der Waals surface area contributed by atoms with E-state index < -0.39 is 10.7 Å². The van der Waals surface area contributed by atoms with Crippen molar-refractivity contribution < 1.29 is 8.42 Å². The van der Waals surface area contributed by atoms with Crippen molar-refractivity contribution >= 4 is 45.4 Å². The standard InChI is InChI=1S/C10H7Cl2N3O2S/c11-6-5-13-10(12)15-9(6)14-7-3-1-2-4-8(7)18(16)17/h1-5,18H,(H,13,14,15). The molecule has 8 heteroatoms. The molecular formula is C10H7Cl2N3O2S. The lowest BCUT2D eigenvalue weighted by atomic mass is 10.3. The van der Waals surface area contributed by atoms with Crippen LogP contribution in [0.2, 0.25) is 10.3 Å². The minimum Gasteiger partial charge on any atom is -0.338 e. The Morgan fingerprint density at radius 1 is 1.17 bits per heavy atom. The quantitative estimate of drug-likeness (QED) is 0.673. The molecule has 0 radical (unpaired) electrons. The number of hydrogen-bond acceptors (Lipinski definition) is 5. The zero-order valence-corrected chi connectivity index (χ0v) is 11.2. The Labute approximate surface area is 115 Å². The van der Waals surface area contributed by atoms with Crippen LogP contribution in [0.25, 0.3) is 0 Å². The van der Waals surface area contributed by atoms with Gasteiger partial charge in [0.25, 0.3) is 0 Å². The van der Waals surface area contributed by atoms with Crippen LogP contribution in [0.5, 0.6) is 0 Å². The average Bonchev–Trinajstić information content (AvgIpc) is 2.34. The number of nitrogens with zero attached hydrogens (tertiary/aromatic N) is 2. The minimum atomic E-state index is -2.71. The van der Waals surface area contributed by atoms with Gasteiger partial charge in [0.05, 0.1) is 16.8 Å². The van der Waals surface area contributed by atoms with E-state index in [0.29, 0.717) is 5.69 Å². The van der Waals surface area contributed by atoms with Gasteiger partial charge in [0.15, 0.2) is 16.5 Å². The van der Waals surface area contributed by atoms with E-state index >= 15 is 0 Å². The number of anilines is 2. The Morgan fingerprint density at radius 3 is 2.61 bits per heavy atom. The number of benzene rings is 1. The highest BCUT2D eigenvalue weighted by atomic mass is 35.5. The molecule has 0 saturated carbocycles. The van der Waals surface area contributed by atoms with Crippen LogP contribution in [0.3, 0.4) is 0 Å². The summed E-state index contributed by atoms with van der Waals surface area (Å²) < 4.78 is 22.1. The molecule has 0 bridgehead atoms. The maximum Gasteiger partial charge on any atom is 0.224 e. The molecule has 0 atom stereocenters. The lowest BCUT2D eigenvalue weighted by Crippen LogP contribution is -1.98. The zero-order valence-electron chi connectivity index (χ0n) is 8.80. The SMILES string of the molecule is O=[SH](=O)c1ccccc1Nc1nc(Cl)ncc1Cl. The fourth-order valence-corrected chi connectivity index (χ4v) is 2.11. The highest BCUT2D eigenvalue weighted by Gasteiger charge is 2.08. The summed E-state index contributed by atoms with van der Waals surface area (Å²) in [6.45, 7) is 0. The van der Waals surface area contributed by atoms with Gasteiger partial charge in [-0.05, 0) is 23.7 Å². The Balaban J connectivity index is 2.43. The van der Waals surface area contributed by atoms with Crippen LogP contribution >= 0.6 is 23.2 Å². The van der Waals surface area contributed by atoms with Gasteiger partial charge in [-0.25, -0.2) is 13.4 Å². The molecule has 0 fully saturated rings. The molecule has 5 nitrogen and oxygen atoms in total. The van der Waals surface area contributed by atoms with Crippen LogP contribution in [0.15, 0.2) is 35.4 Å². The lowest BCUT2D eigenvalue weighted by molar-refractivity contribution is 0.615. The van der Waals surface area contributed by atoms with Gasteiger partial charge in [-0.1, -0.05) is 23.7 Å². The summed E-state index contributed by atoms with van der Waals surface area (Å²) >= 11 is 11.5. The number of para-hydroxylation sites is 1. The molecule has 2 rings (SSSR count). The van der Waals surface area contributed by atoms with Gasteiger partial charge in [-0.2, -0.15) is 4.98 Å². The summed E-state index contributed by atoms with van der Waals surface area (Å²) in [4.78, 5) is 7.74. The van der Waals surface area contributed by atoms with E-state index in [1.165, 1.54) is 12.3 Å². The Kier molecular flexibility index (Phi) is 4.00. The van der Waals surface area contributed by atoms with Gasteiger partial charge in [0.2, 0.25) is 5.28 Å². The Hall–Kier alpha value is -1.37. The van der Waals surface area contributed by atoms with Crippen molar-refractivity contribution in [3.8, 4) is 0 Å². The number of halogens is 2. The molecule has 0 aliphatic rings. The number of rotatable bonds is 3. The van der Waals surface area contributed by atoms with Gasteiger partial charge in [0.1, 0.15) is 5.02 Å². The first-order chi connectivity index (χ1) is 8.58. The van der Waals surface area contributed by atoms with Crippen molar-refractivity contribution in [3.63, 3.8) is 0 Å². The van der Waals surface area contributed by atoms with E-state index in [1.54, 1.807) is 18.2 Å². The highest BCUT2D eigenvalue weighted by molar-refractivity contribution is 7.72. The fraction of sp³-hybridized carbons (Fsp3) is 0. The molecule has 18 heavy (non-hydrogen) atoms. The van der Waals surface area contributed by atoms with E-state index in [2.05, 4.69) is 15.3 Å². The van der Waals surface area contributed by atoms with Crippen molar-refractivity contribution in [1.29, 1.82) is 0 Å². The first-order valence-corrected chi connectivity index (χ1v) is 6.70. The summed E-state index contributed by atoms with van der Waals surface area (Å²) in [5, 5.41) is 3.08. The van der Waals surface area contributed by atoms with Gasteiger partial charge in [-0.3, -0.25) is 0 Å². The number of aromatic nitrogens is 2. The van der Waals surface area contributed by atoms with Crippen LogP contribution in [-0.4, -0.2) is 18.4 Å². The maximum atomic E-state index is 11.1. The van der Waals surface area contributed by atoms with E-state index in [-0.39, 0.29) is 21.0 Å². The monoisotopic (exact) mass is 303 g/mol. The molecule has 0 spiro atoms. The van der Waals surface area contributed by atoms with Crippen LogP contribution in [-0.2, 0) is 10.7 Å². The van der Waals surface area contributed by atoms with Crippen molar-refractivity contribution in [2.75, 3.05) is 5.32 Å². The number of thiol groups is 1. The molecule has 0 saturated heterocycles. The highest BCUT2D eigenvalue weighted by Crippen LogP contribution is 2.26. The van der Waals surface area contributed by atoms with E-state index in [9.17, 15) is 8.42 Å². The molecule has 94 valence electrons. The first-order valence-electron chi connectivity index (χ1n) is 4.76. The van der Waals surface area contributed by atoms with E-state index in [4.69, 9.17) is 23.2 Å². The van der Waals surface area contributed by atoms with Crippen LogP contribution < -0.4 is 5.32 Å². The third-order valence-electron chi connectivity index (χ3n) is 2.07. The van der Waals surface area contributed by atoms with Gasteiger partial charge >= 0.3 is 0 Å². The molecule has 0 amide bonds. The van der Waals surface area contributed by atoms with Crippen LogP contribution in [0.1, 0.15) is 0 Å². The summed E-state index contributed by atoms with van der Waals surface area (Å²) in [6.07, 6.45) is 1.33. The number of nitrogens with one attached hydrogen (secondary N) is 1. The largest absolute Gasteiger partial charge is 0.338 e. The Bertz CT molecular complexity index is 653. The van der Waals surface area contributed by atoms with Gasteiger partial charge < -0.3 is 5.32 Å². The molecule has 1 aromatic carbocycles. The van der Waals surface area contributed by atoms with E-state index in [1.807, 2.05) is 0 Å². The normalized spacial score (nSPS) is 10.6. The molecule has 1 heterocycles. The van der Waals surface area contributed by atoms with Crippen LogP contribution in [0, 0.1) is 0 Å². The summed E-state index contributed by atoms with van der Waals surface area (Å²) in [6, 6.07) is 6.40. The topological polar surface area (TPSA) is 72.0 Å². The average molecular weight is 304 g/mol. The van der Waals surface area contributed by atoms with E-state index in [0.717, 1.165) is 0 Å². The molecule has 1 N–H and O–H groups in total. The summed E-state index contributed by atoms with van der Waals surface area (Å²) in [7, 11) is -2.71. The predicted octanol–water partition coefficient (Wildman–Crippen LogP) is 2.50. The van der Waals surface area contributed by atoms with Crippen molar-refractivity contribution in [1.82, 2.24) is 9.97 Å². The van der Waals surface area contributed by atoms with Gasteiger partial charge in [0, 0.05) is 0 Å². The zero-order chi connectivity index (χ0) is 13.1. The second kappa shape index (κ2) is 5.51. The predicted molar refractivity (Wildman–Crippen MR) is 70.4 cm³/mol. The molecule has 0 unspecified atom stereocenters.